The summed E-state index contributed by atoms with van der Waals surface area (Å²) in [6, 6.07) is 13.6. The Morgan fingerprint density at radius 1 is 0.957 bits per heavy atom. The lowest BCUT2D eigenvalue weighted by Gasteiger charge is -2.27. The summed E-state index contributed by atoms with van der Waals surface area (Å²) in [7, 11) is 0. The SMILES string of the molecule is c1ccc(-c2nc(-c3ccnc(N4CCOCC4)c3)no2)cc1. The van der Waals surface area contributed by atoms with Crippen molar-refractivity contribution in [2.45, 2.75) is 0 Å². The van der Waals surface area contributed by atoms with E-state index in [-0.39, 0.29) is 0 Å². The molecule has 0 unspecified atom stereocenters. The number of hydrogen-bond acceptors (Lipinski definition) is 6. The molecule has 1 saturated heterocycles. The van der Waals surface area contributed by atoms with Crippen LogP contribution in [0, 0.1) is 0 Å². The van der Waals surface area contributed by atoms with Gasteiger partial charge in [0, 0.05) is 30.4 Å². The molecule has 0 spiro atoms. The Balaban J connectivity index is 1.62. The van der Waals surface area contributed by atoms with Crippen LogP contribution in [-0.4, -0.2) is 41.4 Å². The molecule has 1 fully saturated rings. The van der Waals surface area contributed by atoms with Crippen LogP contribution < -0.4 is 4.90 Å². The summed E-state index contributed by atoms with van der Waals surface area (Å²) in [5.74, 6) is 2.00. The Hall–Kier alpha value is -2.73. The monoisotopic (exact) mass is 308 g/mol. The van der Waals surface area contributed by atoms with E-state index in [2.05, 4.69) is 20.0 Å². The fourth-order valence-electron chi connectivity index (χ4n) is 2.56. The van der Waals surface area contributed by atoms with E-state index in [1.54, 1.807) is 6.20 Å². The molecule has 0 amide bonds. The molecule has 116 valence electrons. The summed E-state index contributed by atoms with van der Waals surface area (Å²) in [5.41, 5.74) is 1.81. The van der Waals surface area contributed by atoms with Crippen LogP contribution in [0.4, 0.5) is 5.82 Å². The number of hydrogen-bond donors (Lipinski definition) is 0. The summed E-state index contributed by atoms with van der Waals surface area (Å²) in [6.07, 6.45) is 1.78. The number of pyridine rings is 1. The largest absolute Gasteiger partial charge is 0.378 e. The van der Waals surface area contributed by atoms with Gasteiger partial charge < -0.3 is 14.2 Å². The number of rotatable bonds is 3. The molecule has 3 aromatic rings. The summed E-state index contributed by atoms with van der Waals surface area (Å²) in [5, 5.41) is 4.09. The van der Waals surface area contributed by atoms with Crippen LogP contribution in [0.1, 0.15) is 0 Å². The van der Waals surface area contributed by atoms with E-state index in [0.717, 1.165) is 43.2 Å². The Morgan fingerprint density at radius 3 is 2.61 bits per heavy atom. The van der Waals surface area contributed by atoms with Crippen molar-refractivity contribution in [2.75, 3.05) is 31.2 Å². The minimum atomic E-state index is 0.519. The number of morpholine rings is 1. The smallest absolute Gasteiger partial charge is 0.258 e. The minimum Gasteiger partial charge on any atom is -0.378 e. The maximum atomic E-state index is 5.38. The number of benzene rings is 1. The van der Waals surface area contributed by atoms with Crippen LogP contribution in [0.5, 0.6) is 0 Å². The minimum absolute atomic E-state index is 0.519. The molecule has 3 heterocycles. The molecule has 4 rings (SSSR count). The molecule has 0 radical (unpaired) electrons. The van der Waals surface area contributed by atoms with Gasteiger partial charge in [0.15, 0.2) is 0 Å². The van der Waals surface area contributed by atoms with Gasteiger partial charge in [-0.15, -0.1) is 0 Å². The molecule has 6 heteroatoms. The molecule has 0 saturated carbocycles. The number of ether oxygens (including phenoxy) is 1. The summed E-state index contributed by atoms with van der Waals surface area (Å²) < 4.78 is 10.8. The molecule has 6 nitrogen and oxygen atoms in total. The molecule has 0 bridgehead atoms. The van der Waals surface area contributed by atoms with Gasteiger partial charge in [-0.25, -0.2) is 4.98 Å². The molecule has 0 N–H and O–H groups in total. The molecular formula is C17H16N4O2. The van der Waals surface area contributed by atoms with Gasteiger partial charge in [-0.1, -0.05) is 23.4 Å². The standard InChI is InChI=1S/C17H16N4O2/c1-2-4-13(5-3-1)17-19-16(20-23-17)14-6-7-18-15(12-14)21-8-10-22-11-9-21/h1-7,12H,8-11H2. The van der Waals surface area contributed by atoms with Crippen LogP contribution in [0.3, 0.4) is 0 Å². The van der Waals surface area contributed by atoms with Gasteiger partial charge in [0.1, 0.15) is 5.82 Å². The Morgan fingerprint density at radius 2 is 1.78 bits per heavy atom. The summed E-state index contributed by atoms with van der Waals surface area (Å²) in [4.78, 5) is 11.1. The first-order valence-electron chi connectivity index (χ1n) is 7.58. The second-order valence-electron chi connectivity index (χ2n) is 5.29. The van der Waals surface area contributed by atoms with Crippen LogP contribution >= 0.6 is 0 Å². The second-order valence-corrected chi connectivity index (χ2v) is 5.29. The Bertz CT molecular complexity index is 782. The highest BCUT2D eigenvalue weighted by molar-refractivity contribution is 5.62. The van der Waals surface area contributed by atoms with Crippen molar-refractivity contribution in [3.05, 3.63) is 48.7 Å². The highest BCUT2D eigenvalue weighted by Crippen LogP contribution is 2.24. The molecule has 1 aliphatic heterocycles. The molecule has 0 atom stereocenters. The quantitative estimate of drug-likeness (QED) is 0.741. The van der Waals surface area contributed by atoms with Crippen molar-refractivity contribution < 1.29 is 9.26 Å². The first-order chi connectivity index (χ1) is 11.4. The average molecular weight is 308 g/mol. The van der Waals surface area contributed by atoms with Gasteiger partial charge in [0.05, 0.1) is 13.2 Å². The van der Waals surface area contributed by atoms with E-state index < -0.39 is 0 Å². The molecule has 23 heavy (non-hydrogen) atoms. The van der Waals surface area contributed by atoms with Crippen molar-refractivity contribution in [3.8, 4) is 22.8 Å². The first-order valence-corrected chi connectivity index (χ1v) is 7.58. The third-order valence-electron chi connectivity index (χ3n) is 3.79. The molecular weight excluding hydrogens is 292 g/mol. The fraction of sp³-hybridized carbons (Fsp3) is 0.235. The highest BCUT2D eigenvalue weighted by Gasteiger charge is 2.15. The second kappa shape index (κ2) is 6.18. The summed E-state index contributed by atoms with van der Waals surface area (Å²) >= 11 is 0. The van der Waals surface area contributed by atoms with E-state index in [9.17, 15) is 0 Å². The predicted octanol–water partition coefficient (Wildman–Crippen LogP) is 2.64. The topological polar surface area (TPSA) is 64.3 Å². The highest BCUT2D eigenvalue weighted by atomic mass is 16.5. The number of nitrogens with zero attached hydrogens (tertiary/aromatic N) is 4. The van der Waals surface area contributed by atoms with E-state index in [0.29, 0.717) is 11.7 Å². The van der Waals surface area contributed by atoms with E-state index >= 15 is 0 Å². The van der Waals surface area contributed by atoms with Crippen molar-refractivity contribution in [1.82, 2.24) is 15.1 Å². The number of anilines is 1. The zero-order valence-corrected chi connectivity index (χ0v) is 12.6. The Kier molecular flexibility index (Phi) is 3.73. The van der Waals surface area contributed by atoms with E-state index in [1.807, 2.05) is 42.5 Å². The summed E-state index contributed by atoms with van der Waals surface area (Å²) in [6.45, 7) is 3.15. The van der Waals surface area contributed by atoms with Crippen LogP contribution in [0.2, 0.25) is 0 Å². The lowest BCUT2D eigenvalue weighted by atomic mass is 10.2. The van der Waals surface area contributed by atoms with Crippen molar-refractivity contribution >= 4 is 5.82 Å². The van der Waals surface area contributed by atoms with Crippen LogP contribution in [-0.2, 0) is 4.74 Å². The predicted molar refractivity (Wildman–Crippen MR) is 86.0 cm³/mol. The molecule has 2 aromatic heterocycles. The number of aromatic nitrogens is 3. The third-order valence-corrected chi connectivity index (χ3v) is 3.79. The van der Waals surface area contributed by atoms with Crippen molar-refractivity contribution in [3.63, 3.8) is 0 Å². The zero-order chi connectivity index (χ0) is 15.5. The van der Waals surface area contributed by atoms with Gasteiger partial charge in [-0.2, -0.15) is 4.98 Å². The van der Waals surface area contributed by atoms with Gasteiger partial charge in [-0.3, -0.25) is 0 Å². The van der Waals surface area contributed by atoms with E-state index in [1.165, 1.54) is 0 Å². The Labute approximate surface area is 133 Å². The van der Waals surface area contributed by atoms with Crippen LogP contribution in [0.25, 0.3) is 22.8 Å². The van der Waals surface area contributed by atoms with Gasteiger partial charge >= 0.3 is 0 Å². The fourth-order valence-corrected chi connectivity index (χ4v) is 2.56. The molecule has 1 aromatic carbocycles. The van der Waals surface area contributed by atoms with E-state index in [4.69, 9.17) is 9.26 Å². The van der Waals surface area contributed by atoms with Gasteiger partial charge in [0.2, 0.25) is 5.82 Å². The normalized spacial score (nSPS) is 14.9. The lowest BCUT2D eigenvalue weighted by Crippen LogP contribution is -2.36. The third kappa shape index (κ3) is 2.93. The average Bonchev–Trinajstić information content (AvgIpc) is 3.14. The lowest BCUT2D eigenvalue weighted by molar-refractivity contribution is 0.122. The maximum absolute atomic E-state index is 5.38. The van der Waals surface area contributed by atoms with Crippen LogP contribution in [0.15, 0.2) is 53.2 Å². The van der Waals surface area contributed by atoms with Crippen molar-refractivity contribution in [1.29, 1.82) is 0 Å². The zero-order valence-electron chi connectivity index (χ0n) is 12.6. The molecule has 1 aliphatic rings. The van der Waals surface area contributed by atoms with Crippen molar-refractivity contribution in [2.24, 2.45) is 0 Å². The van der Waals surface area contributed by atoms with Gasteiger partial charge in [-0.05, 0) is 24.3 Å². The first kappa shape index (κ1) is 13.9. The van der Waals surface area contributed by atoms with Gasteiger partial charge in [0.25, 0.3) is 5.89 Å². The molecule has 0 aliphatic carbocycles. The maximum Gasteiger partial charge on any atom is 0.258 e.